The largest absolute Gasteiger partial charge is 0.379 e. The van der Waals surface area contributed by atoms with Gasteiger partial charge in [-0.05, 0) is 30.7 Å². The summed E-state index contributed by atoms with van der Waals surface area (Å²) >= 11 is 5.93. The first kappa shape index (κ1) is 19.3. The number of morpholine rings is 1. The number of aryl methyl sites for hydroxylation is 1. The molecular weight excluding hydrogens is 372 g/mol. The second-order valence-corrected chi connectivity index (χ2v) is 8.59. The van der Waals surface area contributed by atoms with Gasteiger partial charge >= 0.3 is 0 Å². The van der Waals surface area contributed by atoms with Gasteiger partial charge in [0.25, 0.3) is 0 Å². The smallest absolute Gasteiger partial charge is 0.240 e. The van der Waals surface area contributed by atoms with E-state index in [4.69, 9.17) is 16.3 Å². The van der Waals surface area contributed by atoms with Gasteiger partial charge in [0.05, 0.1) is 18.1 Å². The Kier molecular flexibility index (Phi) is 6.32. The molecule has 0 saturated carbocycles. The van der Waals surface area contributed by atoms with E-state index in [1.807, 2.05) is 19.1 Å². The molecule has 1 N–H and O–H groups in total. The predicted octanol–water partition coefficient (Wildman–Crippen LogP) is 3.00. The monoisotopic (exact) mass is 394 g/mol. The molecule has 1 aliphatic heterocycles. The molecule has 1 atom stereocenters. The van der Waals surface area contributed by atoms with Crippen LogP contribution in [0.3, 0.4) is 0 Å². The maximum atomic E-state index is 12.6. The maximum Gasteiger partial charge on any atom is 0.240 e. The molecule has 1 saturated heterocycles. The summed E-state index contributed by atoms with van der Waals surface area (Å²) in [6, 6.07) is 14.5. The van der Waals surface area contributed by atoms with E-state index in [1.54, 1.807) is 18.2 Å². The van der Waals surface area contributed by atoms with Crippen molar-refractivity contribution in [3.63, 3.8) is 0 Å². The number of ether oxygens (including phenoxy) is 1. The van der Waals surface area contributed by atoms with Crippen LogP contribution >= 0.6 is 11.6 Å². The molecular formula is C19H23ClN2O3S. The molecule has 5 nitrogen and oxygen atoms in total. The molecule has 7 heteroatoms. The van der Waals surface area contributed by atoms with Gasteiger partial charge in [-0.1, -0.05) is 47.5 Å². The summed E-state index contributed by atoms with van der Waals surface area (Å²) in [5.41, 5.74) is 2.26. The van der Waals surface area contributed by atoms with Crippen molar-refractivity contribution in [1.82, 2.24) is 9.62 Å². The van der Waals surface area contributed by atoms with Gasteiger partial charge in [-0.25, -0.2) is 13.1 Å². The van der Waals surface area contributed by atoms with E-state index >= 15 is 0 Å². The number of benzene rings is 2. The fourth-order valence-electron chi connectivity index (χ4n) is 3.04. The van der Waals surface area contributed by atoms with Crippen molar-refractivity contribution in [1.29, 1.82) is 0 Å². The highest BCUT2D eigenvalue weighted by Crippen LogP contribution is 2.23. The van der Waals surface area contributed by atoms with Crippen molar-refractivity contribution in [2.45, 2.75) is 17.9 Å². The molecule has 0 radical (unpaired) electrons. The Morgan fingerprint density at radius 2 is 1.85 bits per heavy atom. The minimum absolute atomic E-state index is 0.0477. The van der Waals surface area contributed by atoms with Crippen LogP contribution < -0.4 is 4.72 Å². The van der Waals surface area contributed by atoms with Crippen molar-refractivity contribution in [3.8, 4) is 0 Å². The fourth-order valence-corrected chi connectivity index (χ4v) is 4.38. The summed E-state index contributed by atoms with van der Waals surface area (Å²) in [5.74, 6) is 0. The lowest BCUT2D eigenvalue weighted by atomic mass is 10.0. The standard InChI is InChI=1S/C19H23ClN2O3S/c1-15-5-7-16(8-6-15)19(22-9-11-25-12-10-22)14-21-26(23,24)18-4-2-3-17(20)13-18/h2-8,13,19,21H,9-12,14H2,1H3. The predicted molar refractivity (Wildman–Crippen MR) is 103 cm³/mol. The molecule has 3 rings (SSSR count). The van der Waals surface area contributed by atoms with Crippen molar-refractivity contribution in [2.24, 2.45) is 0 Å². The van der Waals surface area contributed by atoms with Crippen molar-refractivity contribution >= 4 is 21.6 Å². The lowest BCUT2D eigenvalue weighted by molar-refractivity contribution is 0.0172. The molecule has 0 aliphatic carbocycles. The molecule has 1 heterocycles. The summed E-state index contributed by atoms with van der Waals surface area (Å²) in [7, 11) is -3.63. The maximum absolute atomic E-state index is 12.6. The van der Waals surface area contributed by atoms with Crippen LogP contribution in [0.2, 0.25) is 5.02 Å². The van der Waals surface area contributed by atoms with Crippen molar-refractivity contribution in [2.75, 3.05) is 32.8 Å². The Hall–Kier alpha value is -1.44. The Bertz CT molecular complexity index is 834. The highest BCUT2D eigenvalue weighted by atomic mass is 35.5. The van der Waals surface area contributed by atoms with Crippen LogP contribution in [-0.4, -0.2) is 46.2 Å². The normalized spacial score (nSPS) is 17.2. The average molecular weight is 395 g/mol. The van der Waals surface area contributed by atoms with Crippen LogP contribution in [0.4, 0.5) is 0 Å². The zero-order valence-electron chi connectivity index (χ0n) is 14.7. The minimum Gasteiger partial charge on any atom is -0.379 e. The summed E-state index contributed by atoms with van der Waals surface area (Å²) < 4.78 is 33.5. The first-order valence-electron chi connectivity index (χ1n) is 8.59. The number of rotatable bonds is 6. The SMILES string of the molecule is Cc1ccc(C(CNS(=O)(=O)c2cccc(Cl)c2)N2CCOCC2)cc1. The van der Waals surface area contributed by atoms with E-state index in [2.05, 4.69) is 21.8 Å². The molecule has 0 bridgehead atoms. The van der Waals surface area contributed by atoms with Crippen LogP contribution in [0.5, 0.6) is 0 Å². The first-order valence-corrected chi connectivity index (χ1v) is 10.5. The van der Waals surface area contributed by atoms with E-state index in [0.717, 1.165) is 18.7 Å². The zero-order chi connectivity index (χ0) is 18.6. The summed E-state index contributed by atoms with van der Waals surface area (Å²) in [6.45, 7) is 5.19. The third-order valence-corrected chi connectivity index (χ3v) is 6.18. The van der Waals surface area contributed by atoms with Gasteiger partial charge in [0.1, 0.15) is 0 Å². The number of hydrogen-bond donors (Lipinski definition) is 1. The van der Waals surface area contributed by atoms with Crippen LogP contribution in [0.15, 0.2) is 53.4 Å². The number of halogens is 1. The zero-order valence-corrected chi connectivity index (χ0v) is 16.3. The number of nitrogens with zero attached hydrogens (tertiary/aromatic N) is 1. The van der Waals surface area contributed by atoms with Gasteiger partial charge in [-0.15, -0.1) is 0 Å². The molecule has 1 fully saturated rings. The third kappa shape index (κ3) is 4.84. The van der Waals surface area contributed by atoms with Gasteiger partial charge < -0.3 is 4.74 Å². The number of sulfonamides is 1. The average Bonchev–Trinajstić information content (AvgIpc) is 2.64. The molecule has 26 heavy (non-hydrogen) atoms. The van der Waals surface area contributed by atoms with Gasteiger partial charge in [0.2, 0.25) is 10.0 Å². The first-order chi connectivity index (χ1) is 12.5. The van der Waals surface area contributed by atoms with E-state index in [0.29, 0.717) is 18.2 Å². The van der Waals surface area contributed by atoms with E-state index in [9.17, 15) is 8.42 Å². The molecule has 0 aromatic heterocycles. The van der Waals surface area contributed by atoms with Crippen molar-refractivity contribution in [3.05, 3.63) is 64.7 Å². The lowest BCUT2D eigenvalue weighted by Crippen LogP contribution is -2.43. The molecule has 1 aliphatic rings. The molecule has 2 aromatic carbocycles. The highest BCUT2D eigenvalue weighted by molar-refractivity contribution is 7.89. The van der Waals surface area contributed by atoms with Crippen LogP contribution in [-0.2, 0) is 14.8 Å². The Morgan fingerprint density at radius 3 is 2.50 bits per heavy atom. The van der Waals surface area contributed by atoms with E-state index in [-0.39, 0.29) is 17.5 Å². The molecule has 2 aromatic rings. The van der Waals surface area contributed by atoms with E-state index in [1.165, 1.54) is 11.6 Å². The van der Waals surface area contributed by atoms with Gasteiger partial charge in [-0.3, -0.25) is 4.90 Å². The third-order valence-electron chi connectivity index (χ3n) is 4.52. The van der Waals surface area contributed by atoms with Crippen LogP contribution in [0, 0.1) is 6.92 Å². The van der Waals surface area contributed by atoms with Gasteiger partial charge in [0, 0.05) is 30.7 Å². The Morgan fingerprint density at radius 1 is 1.15 bits per heavy atom. The van der Waals surface area contributed by atoms with Gasteiger partial charge in [0.15, 0.2) is 0 Å². The number of nitrogens with one attached hydrogen (secondary N) is 1. The van der Waals surface area contributed by atoms with Crippen molar-refractivity contribution < 1.29 is 13.2 Å². The van der Waals surface area contributed by atoms with Crippen LogP contribution in [0.25, 0.3) is 0 Å². The second-order valence-electron chi connectivity index (χ2n) is 6.38. The van der Waals surface area contributed by atoms with E-state index < -0.39 is 10.0 Å². The summed E-state index contributed by atoms with van der Waals surface area (Å²) in [6.07, 6.45) is 0. The molecule has 0 spiro atoms. The fraction of sp³-hybridized carbons (Fsp3) is 0.368. The Labute approximate surface area is 160 Å². The molecule has 140 valence electrons. The second kappa shape index (κ2) is 8.50. The topological polar surface area (TPSA) is 58.6 Å². The lowest BCUT2D eigenvalue weighted by Gasteiger charge is -2.35. The molecule has 0 amide bonds. The highest BCUT2D eigenvalue weighted by Gasteiger charge is 2.25. The minimum atomic E-state index is -3.63. The number of hydrogen-bond acceptors (Lipinski definition) is 4. The van der Waals surface area contributed by atoms with Crippen LogP contribution in [0.1, 0.15) is 17.2 Å². The quantitative estimate of drug-likeness (QED) is 0.818. The summed E-state index contributed by atoms with van der Waals surface area (Å²) in [5, 5.41) is 0.399. The molecule has 1 unspecified atom stereocenters. The van der Waals surface area contributed by atoms with Gasteiger partial charge in [-0.2, -0.15) is 0 Å². The summed E-state index contributed by atoms with van der Waals surface area (Å²) in [4.78, 5) is 2.43. The Balaban J connectivity index is 1.80.